The monoisotopic (exact) mass is 379 g/mol. The van der Waals surface area contributed by atoms with E-state index in [1.807, 2.05) is 6.21 Å². The molecule has 0 amide bonds. The first kappa shape index (κ1) is 11.9. The van der Waals surface area contributed by atoms with Crippen molar-refractivity contribution in [2.75, 3.05) is 4.43 Å². The van der Waals surface area contributed by atoms with Gasteiger partial charge in [0.05, 0.1) is 0 Å². The number of alkyl halides is 1. The van der Waals surface area contributed by atoms with E-state index in [1.54, 1.807) is 0 Å². The van der Waals surface area contributed by atoms with E-state index < -0.39 is 0 Å². The first-order chi connectivity index (χ1) is 5.41. The molecule has 0 spiro atoms. The predicted molar refractivity (Wildman–Crippen MR) is 57.3 cm³/mol. The SMILES string of the molecule is C=[N+]=CCCCCCC[I-]I. The van der Waals surface area contributed by atoms with Gasteiger partial charge in [0.1, 0.15) is 0 Å². The fourth-order valence-electron chi connectivity index (χ4n) is 0.825. The molecule has 0 aliphatic heterocycles. The van der Waals surface area contributed by atoms with Crippen molar-refractivity contribution in [1.82, 2.24) is 4.67 Å². The first-order valence-corrected chi connectivity index (χ1v) is 11.7. The Labute approximate surface area is 89.2 Å². The van der Waals surface area contributed by atoms with Crippen LogP contribution in [0.3, 0.4) is 0 Å². The Hall–Kier alpha value is 0.910. The van der Waals surface area contributed by atoms with Gasteiger partial charge in [-0.2, -0.15) is 0 Å². The Kier molecular flexibility index (Phi) is 11.8. The van der Waals surface area contributed by atoms with E-state index in [-0.39, 0.29) is 0 Å². The van der Waals surface area contributed by atoms with Gasteiger partial charge in [-0.3, -0.25) is 0 Å². The van der Waals surface area contributed by atoms with Crippen LogP contribution in [0.15, 0.2) is 0 Å². The van der Waals surface area contributed by atoms with Crippen molar-refractivity contribution in [3.8, 4) is 0 Å². The molecule has 0 aliphatic rings. The number of halogens is 2. The van der Waals surface area contributed by atoms with Crippen LogP contribution in [-0.2, 0) is 0 Å². The van der Waals surface area contributed by atoms with Crippen molar-refractivity contribution in [3.05, 3.63) is 0 Å². The van der Waals surface area contributed by atoms with Crippen molar-refractivity contribution < 1.29 is 17.2 Å². The van der Waals surface area contributed by atoms with Crippen LogP contribution in [0.1, 0.15) is 32.1 Å². The molecule has 0 radical (unpaired) electrons. The van der Waals surface area contributed by atoms with Crippen LogP contribution in [-0.4, -0.2) is 17.4 Å². The molecule has 0 aromatic rings. The first-order valence-electron chi connectivity index (χ1n) is 3.89. The van der Waals surface area contributed by atoms with Crippen LogP contribution in [0.4, 0.5) is 0 Å². The molecule has 0 atom stereocenters. The number of hydrogen-bond acceptors (Lipinski definition) is 0. The van der Waals surface area contributed by atoms with Gasteiger partial charge in [-0.05, 0) is 0 Å². The topological polar surface area (TPSA) is 14.1 Å². The standard InChI is InChI=1S/C8H15I2N/c1-11-8-6-4-2-3-5-7-10-9/h8H,1-7H2. The predicted octanol–water partition coefficient (Wildman–Crippen LogP) is -0.785. The molecule has 0 N–H and O–H groups in total. The summed E-state index contributed by atoms with van der Waals surface area (Å²) in [6.07, 6.45) is 8.53. The maximum atomic E-state index is 3.70. The van der Waals surface area contributed by atoms with Gasteiger partial charge in [0.15, 0.2) is 0 Å². The third kappa shape index (κ3) is 10.9. The zero-order chi connectivity index (χ0) is 8.36. The Bertz CT molecular complexity index is 119. The van der Waals surface area contributed by atoms with E-state index in [4.69, 9.17) is 0 Å². The molecule has 66 valence electrons. The molecule has 0 rings (SSSR count). The minimum absolute atomic E-state index is 0.512. The molecule has 0 saturated carbocycles. The zero-order valence-electron chi connectivity index (χ0n) is 6.73. The van der Waals surface area contributed by atoms with E-state index in [2.05, 4.69) is 30.0 Å². The summed E-state index contributed by atoms with van der Waals surface area (Å²) in [4.78, 5) is 0. The fraction of sp³-hybridized carbons (Fsp3) is 0.750. The average Bonchev–Trinajstić information content (AvgIpc) is 2.03. The van der Waals surface area contributed by atoms with Crippen LogP contribution < -0.4 is 21.9 Å². The van der Waals surface area contributed by atoms with Crippen molar-refractivity contribution in [2.45, 2.75) is 32.1 Å². The summed E-state index contributed by atoms with van der Waals surface area (Å²) in [5, 5.41) is 0. The van der Waals surface area contributed by atoms with Gasteiger partial charge >= 0.3 is 90.0 Å². The molecular weight excluding hydrogens is 364 g/mol. The molecule has 0 heterocycles. The van der Waals surface area contributed by atoms with E-state index in [0.717, 1.165) is 6.42 Å². The van der Waals surface area contributed by atoms with Crippen molar-refractivity contribution in [1.29, 1.82) is 0 Å². The summed E-state index contributed by atoms with van der Waals surface area (Å²) in [6, 6.07) is 0. The maximum absolute atomic E-state index is 3.70. The van der Waals surface area contributed by atoms with E-state index in [9.17, 15) is 0 Å². The quantitative estimate of drug-likeness (QED) is 0.181. The molecular formula is C8H15I2N. The number of unbranched alkanes of at least 4 members (excludes halogenated alkanes) is 4. The van der Waals surface area contributed by atoms with Crippen LogP contribution in [0, 0.1) is 0 Å². The molecule has 0 aromatic carbocycles. The molecule has 0 unspecified atom stereocenters. The summed E-state index contributed by atoms with van der Waals surface area (Å²) in [5.74, 6) is 0. The van der Waals surface area contributed by atoms with Gasteiger partial charge in [-0.1, -0.05) is 0 Å². The Morgan fingerprint density at radius 3 is 2.64 bits per heavy atom. The van der Waals surface area contributed by atoms with Gasteiger partial charge in [0.25, 0.3) is 0 Å². The Morgan fingerprint density at radius 2 is 2.00 bits per heavy atom. The molecule has 1 nitrogen and oxygen atoms in total. The number of hydrogen-bond donors (Lipinski definition) is 0. The summed E-state index contributed by atoms with van der Waals surface area (Å²) in [7, 11) is 0. The van der Waals surface area contributed by atoms with E-state index in [1.165, 1.54) is 30.1 Å². The number of nitrogens with zero attached hydrogens (tertiary/aromatic N) is 1. The third-order valence-corrected chi connectivity index (χ3v) is 5.32. The summed E-state index contributed by atoms with van der Waals surface area (Å²) >= 11 is 3.05. The third-order valence-electron chi connectivity index (χ3n) is 1.42. The van der Waals surface area contributed by atoms with E-state index >= 15 is 0 Å². The van der Waals surface area contributed by atoms with Crippen LogP contribution in [0.5, 0.6) is 0 Å². The second-order valence-electron chi connectivity index (χ2n) is 2.36. The van der Waals surface area contributed by atoms with E-state index in [0.29, 0.717) is 17.2 Å². The van der Waals surface area contributed by atoms with Gasteiger partial charge in [0.2, 0.25) is 0 Å². The normalized spacial score (nSPS) is 9.55. The molecule has 11 heavy (non-hydrogen) atoms. The van der Waals surface area contributed by atoms with Gasteiger partial charge < -0.3 is 0 Å². The average molecular weight is 379 g/mol. The summed E-state index contributed by atoms with van der Waals surface area (Å²) in [6.45, 7) is 3.41. The molecule has 0 bridgehead atoms. The Balaban J connectivity index is 2.84. The van der Waals surface area contributed by atoms with Gasteiger partial charge in [-0.25, -0.2) is 0 Å². The minimum atomic E-state index is 0.512. The molecule has 0 saturated heterocycles. The van der Waals surface area contributed by atoms with Crippen molar-refractivity contribution in [3.63, 3.8) is 0 Å². The second kappa shape index (κ2) is 10.9. The van der Waals surface area contributed by atoms with Crippen LogP contribution >= 0.6 is 18.6 Å². The number of rotatable bonds is 7. The fourth-order valence-corrected chi connectivity index (χ4v) is 3.59. The van der Waals surface area contributed by atoms with Gasteiger partial charge in [0, 0.05) is 0 Å². The molecule has 0 fully saturated rings. The van der Waals surface area contributed by atoms with Crippen LogP contribution in [0.25, 0.3) is 0 Å². The second-order valence-corrected chi connectivity index (χ2v) is 7.88. The molecule has 3 heteroatoms. The molecule has 0 aromatic heterocycles. The van der Waals surface area contributed by atoms with Crippen molar-refractivity contribution in [2.24, 2.45) is 0 Å². The van der Waals surface area contributed by atoms with Gasteiger partial charge in [-0.15, -0.1) is 0 Å². The summed E-state index contributed by atoms with van der Waals surface area (Å²) in [5.41, 5.74) is 0. The molecule has 0 aliphatic carbocycles. The summed E-state index contributed by atoms with van der Waals surface area (Å²) < 4.78 is 5.19. The van der Waals surface area contributed by atoms with Crippen molar-refractivity contribution >= 4 is 31.5 Å². The zero-order valence-corrected chi connectivity index (χ0v) is 11.0. The Morgan fingerprint density at radius 1 is 1.27 bits per heavy atom. The van der Waals surface area contributed by atoms with Crippen LogP contribution in [0.2, 0.25) is 0 Å².